The van der Waals surface area contributed by atoms with Crippen LogP contribution in [0.25, 0.3) is 11.0 Å². The van der Waals surface area contributed by atoms with Crippen molar-refractivity contribution in [1.82, 2.24) is 19.9 Å². The molecule has 0 unspecified atom stereocenters. The minimum Gasteiger partial charge on any atom is -0.480 e. The predicted molar refractivity (Wildman–Crippen MR) is 104 cm³/mol. The van der Waals surface area contributed by atoms with Crippen LogP contribution < -0.4 is 10.1 Å². The number of aromatic nitrogens is 3. The fourth-order valence-electron chi connectivity index (χ4n) is 3.55. The lowest BCUT2D eigenvalue weighted by atomic mass is 10.2. The summed E-state index contributed by atoms with van der Waals surface area (Å²) in [5.41, 5.74) is 3.27. The molecule has 1 fully saturated rings. The van der Waals surface area contributed by atoms with Gasteiger partial charge in [0, 0.05) is 12.7 Å². The van der Waals surface area contributed by atoms with E-state index < -0.39 is 11.8 Å². The first-order valence-electron chi connectivity index (χ1n) is 9.14. The monoisotopic (exact) mass is 379 g/mol. The number of aryl methyl sites for hydroxylation is 1. The first-order chi connectivity index (χ1) is 13.6. The number of fused-ring (bicyclic) bond motifs is 1. The maximum absolute atomic E-state index is 12.8. The molecule has 1 aliphatic heterocycles. The number of nitrogens with one attached hydrogen (secondary N) is 2. The van der Waals surface area contributed by atoms with Crippen LogP contribution in [0.4, 0.5) is 5.69 Å². The summed E-state index contributed by atoms with van der Waals surface area (Å²) >= 11 is 0. The Labute approximate surface area is 161 Å². The molecule has 2 N–H and O–H groups in total. The van der Waals surface area contributed by atoms with Gasteiger partial charge in [-0.3, -0.25) is 9.59 Å². The fourth-order valence-corrected chi connectivity index (χ4v) is 3.55. The minimum absolute atomic E-state index is 0.248. The van der Waals surface area contributed by atoms with Gasteiger partial charge in [-0.2, -0.15) is 0 Å². The van der Waals surface area contributed by atoms with Gasteiger partial charge < -0.3 is 19.9 Å². The van der Waals surface area contributed by atoms with E-state index >= 15 is 0 Å². The number of pyridine rings is 1. The Morgan fingerprint density at radius 2 is 2.18 bits per heavy atom. The summed E-state index contributed by atoms with van der Waals surface area (Å²) in [5.74, 6) is -0.345. The van der Waals surface area contributed by atoms with E-state index in [-0.39, 0.29) is 11.9 Å². The molecule has 0 saturated carbocycles. The van der Waals surface area contributed by atoms with Crippen molar-refractivity contribution in [2.45, 2.75) is 25.8 Å². The Hall–Kier alpha value is -3.42. The Morgan fingerprint density at radius 3 is 3.00 bits per heavy atom. The van der Waals surface area contributed by atoms with Gasteiger partial charge >= 0.3 is 11.8 Å². The molecule has 0 radical (unpaired) electrons. The molecule has 3 aromatic rings. The van der Waals surface area contributed by atoms with Crippen LogP contribution >= 0.6 is 0 Å². The van der Waals surface area contributed by atoms with Gasteiger partial charge in [-0.15, -0.1) is 0 Å². The molecule has 3 heterocycles. The number of rotatable bonds is 3. The molecule has 0 aliphatic carbocycles. The highest BCUT2D eigenvalue weighted by Crippen LogP contribution is 2.32. The molecule has 0 bridgehead atoms. The fraction of sp³-hybridized carbons (Fsp3) is 0.300. The normalized spacial score (nSPS) is 16.4. The molecular formula is C20H21N5O3. The molecule has 1 aromatic carbocycles. The second-order valence-corrected chi connectivity index (χ2v) is 6.81. The number of likely N-dealkylation sites (tertiary alicyclic amines) is 1. The standard InChI is InChI=1S/C20H21N5O3/c1-12-7-8-13-15(11-12)23-17(22-13)16-6-4-10-25(16)20(27)18(26)24-14-5-3-9-21-19(14)28-2/h3,5,7-9,11,16H,4,6,10H2,1-2H3,(H,22,23)(H,24,26)/t16-/m0/s1. The van der Waals surface area contributed by atoms with Crippen molar-refractivity contribution in [3.63, 3.8) is 0 Å². The highest BCUT2D eigenvalue weighted by molar-refractivity contribution is 6.39. The van der Waals surface area contributed by atoms with E-state index in [9.17, 15) is 9.59 Å². The van der Waals surface area contributed by atoms with E-state index in [4.69, 9.17) is 4.74 Å². The zero-order chi connectivity index (χ0) is 19.7. The number of amides is 2. The number of nitrogens with zero attached hydrogens (tertiary/aromatic N) is 3. The van der Waals surface area contributed by atoms with Crippen molar-refractivity contribution < 1.29 is 14.3 Å². The van der Waals surface area contributed by atoms with Crippen molar-refractivity contribution >= 4 is 28.5 Å². The number of carbonyl (C=O) groups is 2. The second-order valence-electron chi connectivity index (χ2n) is 6.81. The lowest BCUT2D eigenvalue weighted by Crippen LogP contribution is -2.39. The third kappa shape index (κ3) is 3.28. The van der Waals surface area contributed by atoms with E-state index in [0.29, 0.717) is 18.1 Å². The van der Waals surface area contributed by atoms with Crippen LogP contribution in [0.2, 0.25) is 0 Å². The second kappa shape index (κ2) is 7.30. The zero-order valence-electron chi connectivity index (χ0n) is 15.7. The highest BCUT2D eigenvalue weighted by Gasteiger charge is 2.35. The SMILES string of the molecule is COc1ncccc1NC(=O)C(=O)N1CCC[C@H]1c1nc2ccc(C)cc2[nH]1. The third-order valence-corrected chi connectivity index (χ3v) is 4.89. The summed E-state index contributed by atoms with van der Waals surface area (Å²) in [4.78, 5) is 38.9. The number of methoxy groups -OCH3 is 1. The predicted octanol–water partition coefficient (Wildman–Crippen LogP) is 2.58. The minimum atomic E-state index is -0.717. The molecule has 2 amide bonds. The van der Waals surface area contributed by atoms with Crippen LogP contribution in [-0.2, 0) is 9.59 Å². The van der Waals surface area contributed by atoms with E-state index in [1.54, 1.807) is 23.2 Å². The van der Waals surface area contributed by atoms with E-state index in [2.05, 4.69) is 20.3 Å². The van der Waals surface area contributed by atoms with Crippen LogP contribution in [0.1, 0.15) is 30.3 Å². The number of H-pyrrole nitrogens is 1. The number of carbonyl (C=O) groups excluding carboxylic acids is 2. The van der Waals surface area contributed by atoms with Crippen LogP contribution in [0.15, 0.2) is 36.5 Å². The van der Waals surface area contributed by atoms with E-state index in [0.717, 1.165) is 29.4 Å². The Morgan fingerprint density at radius 1 is 1.32 bits per heavy atom. The number of hydrogen-bond donors (Lipinski definition) is 2. The van der Waals surface area contributed by atoms with Gasteiger partial charge in [0.05, 0.1) is 24.2 Å². The lowest BCUT2D eigenvalue weighted by molar-refractivity contribution is -0.143. The number of aromatic amines is 1. The molecular weight excluding hydrogens is 358 g/mol. The molecule has 144 valence electrons. The molecule has 0 spiro atoms. The van der Waals surface area contributed by atoms with Crippen LogP contribution in [0.5, 0.6) is 5.88 Å². The molecule has 4 rings (SSSR count). The summed E-state index contributed by atoms with van der Waals surface area (Å²) in [6.07, 6.45) is 3.13. The largest absolute Gasteiger partial charge is 0.480 e. The van der Waals surface area contributed by atoms with Gasteiger partial charge in [0.25, 0.3) is 0 Å². The van der Waals surface area contributed by atoms with Gasteiger partial charge in [0.2, 0.25) is 5.88 Å². The summed E-state index contributed by atoms with van der Waals surface area (Å²) < 4.78 is 5.12. The quantitative estimate of drug-likeness (QED) is 0.681. The van der Waals surface area contributed by atoms with Crippen molar-refractivity contribution in [2.24, 2.45) is 0 Å². The van der Waals surface area contributed by atoms with Gasteiger partial charge in [0.1, 0.15) is 11.5 Å². The van der Waals surface area contributed by atoms with Crippen molar-refractivity contribution in [2.75, 3.05) is 19.0 Å². The van der Waals surface area contributed by atoms with Gasteiger partial charge in [-0.1, -0.05) is 6.07 Å². The molecule has 2 aromatic heterocycles. The molecule has 28 heavy (non-hydrogen) atoms. The molecule has 1 saturated heterocycles. The highest BCUT2D eigenvalue weighted by atomic mass is 16.5. The number of benzene rings is 1. The van der Waals surface area contributed by atoms with Crippen molar-refractivity contribution in [3.8, 4) is 5.88 Å². The Bertz CT molecular complexity index is 1050. The van der Waals surface area contributed by atoms with Crippen LogP contribution in [0, 0.1) is 6.92 Å². The van der Waals surface area contributed by atoms with Crippen molar-refractivity contribution in [3.05, 3.63) is 47.9 Å². The van der Waals surface area contributed by atoms with Gasteiger partial charge in [0.15, 0.2) is 0 Å². The average molecular weight is 379 g/mol. The van der Waals surface area contributed by atoms with Crippen LogP contribution in [0.3, 0.4) is 0 Å². The Kier molecular flexibility index (Phi) is 4.68. The Balaban J connectivity index is 1.55. The number of anilines is 1. The average Bonchev–Trinajstić information content (AvgIpc) is 3.34. The number of hydrogen-bond acceptors (Lipinski definition) is 5. The summed E-state index contributed by atoms with van der Waals surface area (Å²) in [6, 6.07) is 9.03. The summed E-state index contributed by atoms with van der Waals surface area (Å²) in [6.45, 7) is 2.53. The lowest BCUT2D eigenvalue weighted by Gasteiger charge is -2.22. The maximum atomic E-state index is 12.8. The smallest absolute Gasteiger partial charge is 0.314 e. The number of imidazole rings is 1. The van der Waals surface area contributed by atoms with Gasteiger partial charge in [-0.25, -0.2) is 9.97 Å². The first-order valence-corrected chi connectivity index (χ1v) is 9.14. The molecule has 1 aliphatic rings. The first kappa shape index (κ1) is 18.0. The summed E-state index contributed by atoms with van der Waals surface area (Å²) in [5, 5.41) is 2.60. The number of ether oxygens (including phenoxy) is 1. The van der Waals surface area contributed by atoms with E-state index in [1.165, 1.54) is 7.11 Å². The zero-order valence-corrected chi connectivity index (χ0v) is 15.7. The molecule has 1 atom stereocenters. The van der Waals surface area contributed by atoms with Crippen LogP contribution in [-0.4, -0.2) is 45.3 Å². The van der Waals surface area contributed by atoms with Crippen molar-refractivity contribution in [1.29, 1.82) is 0 Å². The van der Waals surface area contributed by atoms with E-state index in [1.807, 2.05) is 25.1 Å². The third-order valence-electron chi connectivity index (χ3n) is 4.89. The maximum Gasteiger partial charge on any atom is 0.314 e. The van der Waals surface area contributed by atoms with Gasteiger partial charge in [-0.05, 0) is 49.6 Å². The molecule has 8 heteroatoms. The molecule has 8 nitrogen and oxygen atoms in total. The summed E-state index contributed by atoms with van der Waals surface area (Å²) in [7, 11) is 1.46. The topological polar surface area (TPSA) is 100 Å².